The van der Waals surface area contributed by atoms with Crippen molar-refractivity contribution in [3.63, 3.8) is 0 Å². The fourth-order valence-corrected chi connectivity index (χ4v) is 5.88. The number of nitrogens with zero attached hydrogens (tertiary/aromatic N) is 4. The molecule has 1 saturated heterocycles. The van der Waals surface area contributed by atoms with Crippen molar-refractivity contribution in [2.24, 2.45) is 0 Å². The molecule has 0 amide bonds. The molecule has 180 valence electrons. The second kappa shape index (κ2) is 9.31. The van der Waals surface area contributed by atoms with Gasteiger partial charge in [-0.05, 0) is 43.5 Å². The maximum atomic E-state index is 14.0. The fourth-order valence-electron chi connectivity index (χ4n) is 4.78. The Balaban J connectivity index is 1.57. The van der Waals surface area contributed by atoms with Crippen LogP contribution < -0.4 is 0 Å². The normalized spacial score (nSPS) is 19.1. The zero-order valence-electron chi connectivity index (χ0n) is 19.5. The van der Waals surface area contributed by atoms with Crippen molar-refractivity contribution in [1.82, 2.24) is 24.2 Å². The van der Waals surface area contributed by atoms with Crippen molar-refractivity contribution in [3.05, 3.63) is 89.9 Å². The van der Waals surface area contributed by atoms with Gasteiger partial charge in [-0.3, -0.25) is 4.98 Å². The number of aromatic amines is 1. The number of imidazole rings is 1. The van der Waals surface area contributed by atoms with Gasteiger partial charge >= 0.3 is 0 Å². The summed E-state index contributed by atoms with van der Waals surface area (Å²) in [5.41, 5.74) is 4.43. The van der Waals surface area contributed by atoms with Crippen LogP contribution in [-0.2, 0) is 10.0 Å². The summed E-state index contributed by atoms with van der Waals surface area (Å²) < 4.78 is 40.7. The highest BCUT2D eigenvalue weighted by atomic mass is 32.2. The Kier molecular flexibility index (Phi) is 6.21. The SMILES string of the molecule is Cc1cccc(-c2[nH]c(C3CCN(S(C)(=O)=O)C(c4ccccc4)C3)nc2-c2ccnc(F)c2)n1. The standard InChI is InChI=1S/C26H26FN5O2S/c1-17-7-6-10-21(29-17)25-24(19-11-13-28-23(27)16-19)30-26(31-25)20-12-14-32(35(2,33)34)22(15-20)18-8-4-3-5-9-18/h3-11,13,16,20,22H,12,14-15H2,1-2H3,(H,30,31). The lowest BCUT2D eigenvalue weighted by atomic mass is 9.88. The molecule has 1 aromatic carbocycles. The number of H-pyrrole nitrogens is 1. The van der Waals surface area contributed by atoms with E-state index in [1.165, 1.54) is 18.5 Å². The molecule has 0 spiro atoms. The molecule has 2 atom stereocenters. The lowest BCUT2D eigenvalue weighted by molar-refractivity contribution is 0.231. The van der Waals surface area contributed by atoms with Gasteiger partial charge in [-0.2, -0.15) is 8.70 Å². The predicted molar refractivity (Wildman–Crippen MR) is 132 cm³/mol. The van der Waals surface area contributed by atoms with E-state index in [1.807, 2.05) is 55.5 Å². The van der Waals surface area contributed by atoms with Crippen molar-refractivity contribution >= 4 is 10.0 Å². The topological polar surface area (TPSA) is 91.8 Å². The highest BCUT2D eigenvalue weighted by Crippen LogP contribution is 2.41. The van der Waals surface area contributed by atoms with E-state index in [2.05, 4.69) is 15.0 Å². The predicted octanol–water partition coefficient (Wildman–Crippen LogP) is 4.86. The van der Waals surface area contributed by atoms with Gasteiger partial charge in [-0.25, -0.2) is 18.4 Å². The van der Waals surface area contributed by atoms with Crippen LogP contribution in [0.1, 0.15) is 41.9 Å². The molecule has 1 fully saturated rings. The molecular weight excluding hydrogens is 465 g/mol. The fraction of sp³-hybridized carbons (Fsp3) is 0.269. The number of aromatic nitrogens is 4. The number of rotatable bonds is 5. The summed E-state index contributed by atoms with van der Waals surface area (Å²) in [5, 5.41) is 0. The Labute approximate surface area is 204 Å². The third kappa shape index (κ3) is 4.87. The van der Waals surface area contributed by atoms with Crippen molar-refractivity contribution in [1.29, 1.82) is 0 Å². The van der Waals surface area contributed by atoms with Crippen molar-refractivity contribution in [3.8, 4) is 22.6 Å². The lowest BCUT2D eigenvalue weighted by Crippen LogP contribution is -2.40. The van der Waals surface area contributed by atoms with Gasteiger partial charge < -0.3 is 4.98 Å². The monoisotopic (exact) mass is 491 g/mol. The molecule has 2 unspecified atom stereocenters. The van der Waals surface area contributed by atoms with E-state index in [4.69, 9.17) is 4.98 Å². The van der Waals surface area contributed by atoms with Crippen LogP contribution in [0, 0.1) is 12.9 Å². The average molecular weight is 492 g/mol. The van der Waals surface area contributed by atoms with Gasteiger partial charge in [0.1, 0.15) is 5.82 Å². The first-order valence-electron chi connectivity index (χ1n) is 11.5. The van der Waals surface area contributed by atoms with Crippen LogP contribution in [0.15, 0.2) is 66.9 Å². The highest BCUT2D eigenvalue weighted by molar-refractivity contribution is 7.88. The summed E-state index contributed by atoms with van der Waals surface area (Å²) in [7, 11) is -3.38. The van der Waals surface area contributed by atoms with Crippen LogP contribution in [0.3, 0.4) is 0 Å². The molecule has 1 aliphatic heterocycles. The van der Waals surface area contributed by atoms with Gasteiger partial charge in [0, 0.05) is 36.0 Å². The first-order chi connectivity index (χ1) is 16.8. The Hall–Kier alpha value is -3.43. The quantitative estimate of drug-likeness (QED) is 0.403. The molecule has 0 radical (unpaired) electrons. The van der Waals surface area contributed by atoms with Gasteiger partial charge in [0.2, 0.25) is 16.0 Å². The van der Waals surface area contributed by atoms with Crippen LogP contribution in [0.5, 0.6) is 0 Å². The minimum atomic E-state index is -3.38. The van der Waals surface area contributed by atoms with E-state index in [0.717, 1.165) is 17.1 Å². The molecule has 1 aliphatic rings. The maximum absolute atomic E-state index is 14.0. The van der Waals surface area contributed by atoms with Crippen LogP contribution in [-0.4, -0.2) is 45.5 Å². The average Bonchev–Trinajstić information content (AvgIpc) is 3.29. The Morgan fingerprint density at radius 2 is 1.86 bits per heavy atom. The van der Waals surface area contributed by atoms with Crippen LogP contribution >= 0.6 is 0 Å². The van der Waals surface area contributed by atoms with E-state index >= 15 is 0 Å². The molecule has 9 heteroatoms. The van der Waals surface area contributed by atoms with Crippen molar-refractivity contribution in [2.75, 3.05) is 12.8 Å². The summed E-state index contributed by atoms with van der Waals surface area (Å²) in [6.45, 7) is 2.30. The third-order valence-electron chi connectivity index (χ3n) is 6.42. The molecule has 1 N–H and O–H groups in total. The molecule has 7 nitrogen and oxygen atoms in total. The number of nitrogens with one attached hydrogen (secondary N) is 1. The highest BCUT2D eigenvalue weighted by Gasteiger charge is 2.36. The molecule has 0 saturated carbocycles. The summed E-state index contributed by atoms with van der Waals surface area (Å²) in [4.78, 5) is 16.7. The first kappa shape index (κ1) is 23.3. The Morgan fingerprint density at radius 3 is 2.57 bits per heavy atom. The van der Waals surface area contributed by atoms with Gasteiger partial charge in [0.15, 0.2) is 0 Å². The molecule has 5 rings (SSSR count). The molecule has 0 aliphatic carbocycles. The van der Waals surface area contributed by atoms with E-state index in [-0.39, 0.29) is 12.0 Å². The maximum Gasteiger partial charge on any atom is 0.213 e. The van der Waals surface area contributed by atoms with E-state index in [1.54, 1.807) is 10.4 Å². The molecule has 0 bridgehead atoms. The summed E-state index contributed by atoms with van der Waals surface area (Å²) in [5.74, 6) is 0.146. The molecule has 3 aromatic heterocycles. The molecule has 35 heavy (non-hydrogen) atoms. The van der Waals surface area contributed by atoms with E-state index < -0.39 is 16.0 Å². The van der Waals surface area contributed by atoms with Crippen LogP contribution in [0.2, 0.25) is 0 Å². The Morgan fingerprint density at radius 1 is 1.06 bits per heavy atom. The number of pyridine rings is 2. The van der Waals surface area contributed by atoms with Gasteiger partial charge in [0.05, 0.1) is 29.4 Å². The smallest absolute Gasteiger partial charge is 0.213 e. The number of sulfonamides is 1. The number of halogens is 1. The van der Waals surface area contributed by atoms with Crippen molar-refractivity contribution in [2.45, 2.75) is 31.7 Å². The summed E-state index contributed by atoms with van der Waals surface area (Å²) in [6, 6.07) is 18.2. The Bertz CT molecular complexity index is 1390. The molecular formula is C26H26FN5O2S. The van der Waals surface area contributed by atoms with Crippen molar-refractivity contribution < 1.29 is 12.8 Å². The number of benzene rings is 1. The van der Waals surface area contributed by atoms with E-state index in [0.29, 0.717) is 42.0 Å². The van der Waals surface area contributed by atoms with Gasteiger partial charge in [0.25, 0.3) is 0 Å². The largest absolute Gasteiger partial charge is 0.340 e. The second-order valence-electron chi connectivity index (χ2n) is 8.90. The number of hydrogen-bond donors (Lipinski definition) is 1. The zero-order valence-corrected chi connectivity index (χ0v) is 20.3. The number of piperidine rings is 1. The lowest BCUT2D eigenvalue weighted by Gasteiger charge is -2.37. The van der Waals surface area contributed by atoms with Gasteiger partial charge in [-0.15, -0.1) is 0 Å². The summed E-state index contributed by atoms with van der Waals surface area (Å²) in [6.07, 6.45) is 3.88. The zero-order chi connectivity index (χ0) is 24.6. The van der Waals surface area contributed by atoms with Crippen LogP contribution in [0.25, 0.3) is 22.6 Å². The summed E-state index contributed by atoms with van der Waals surface area (Å²) >= 11 is 0. The number of aryl methyl sites for hydroxylation is 1. The molecule has 4 heterocycles. The second-order valence-corrected chi connectivity index (χ2v) is 10.8. The van der Waals surface area contributed by atoms with Gasteiger partial charge in [-0.1, -0.05) is 36.4 Å². The molecule has 4 aromatic rings. The van der Waals surface area contributed by atoms with E-state index in [9.17, 15) is 12.8 Å². The number of hydrogen-bond acceptors (Lipinski definition) is 5. The first-order valence-corrected chi connectivity index (χ1v) is 13.3. The third-order valence-corrected chi connectivity index (χ3v) is 7.71. The van der Waals surface area contributed by atoms with Crippen LogP contribution in [0.4, 0.5) is 4.39 Å². The minimum absolute atomic E-state index is 0.0119. The minimum Gasteiger partial charge on any atom is -0.340 e.